The normalized spacial score (nSPS) is 11.8. The summed E-state index contributed by atoms with van der Waals surface area (Å²) in [7, 11) is 0. The van der Waals surface area contributed by atoms with Gasteiger partial charge in [-0.1, -0.05) is 6.92 Å². The van der Waals surface area contributed by atoms with E-state index in [2.05, 4.69) is 10.4 Å². The third kappa shape index (κ3) is 3.54. The van der Waals surface area contributed by atoms with Gasteiger partial charge in [-0.2, -0.15) is 5.10 Å². The van der Waals surface area contributed by atoms with Crippen LogP contribution in [0.3, 0.4) is 0 Å². The first kappa shape index (κ1) is 13.6. The molecular formula is C9H12N4O5. The zero-order valence-electron chi connectivity index (χ0n) is 9.57. The van der Waals surface area contributed by atoms with E-state index >= 15 is 0 Å². The Kier molecular flexibility index (Phi) is 4.35. The van der Waals surface area contributed by atoms with Crippen LogP contribution in [0.1, 0.15) is 13.3 Å². The van der Waals surface area contributed by atoms with Crippen LogP contribution in [0.5, 0.6) is 0 Å². The van der Waals surface area contributed by atoms with Crippen molar-refractivity contribution in [3.05, 3.63) is 22.5 Å². The lowest BCUT2D eigenvalue weighted by atomic mass is 10.2. The molecule has 9 heteroatoms. The molecule has 1 atom stereocenters. The fourth-order valence-corrected chi connectivity index (χ4v) is 1.26. The van der Waals surface area contributed by atoms with Crippen LogP contribution >= 0.6 is 0 Å². The second-order valence-electron chi connectivity index (χ2n) is 3.52. The van der Waals surface area contributed by atoms with Crippen molar-refractivity contribution in [3.63, 3.8) is 0 Å². The summed E-state index contributed by atoms with van der Waals surface area (Å²) >= 11 is 0. The molecule has 0 spiro atoms. The van der Waals surface area contributed by atoms with Crippen molar-refractivity contribution < 1.29 is 19.6 Å². The molecule has 18 heavy (non-hydrogen) atoms. The van der Waals surface area contributed by atoms with Crippen LogP contribution in [0, 0.1) is 10.1 Å². The van der Waals surface area contributed by atoms with Crippen molar-refractivity contribution in [1.82, 2.24) is 15.1 Å². The van der Waals surface area contributed by atoms with E-state index in [4.69, 9.17) is 5.11 Å². The highest BCUT2D eigenvalue weighted by Crippen LogP contribution is 2.07. The molecule has 0 aliphatic heterocycles. The minimum atomic E-state index is -1.13. The van der Waals surface area contributed by atoms with Crippen LogP contribution in [0.15, 0.2) is 12.4 Å². The van der Waals surface area contributed by atoms with E-state index in [1.165, 1.54) is 0 Å². The van der Waals surface area contributed by atoms with E-state index in [1.807, 2.05) is 0 Å². The van der Waals surface area contributed by atoms with Crippen molar-refractivity contribution in [2.45, 2.75) is 25.9 Å². The number of hydrogen-bond donors (Lipinski definition) is 2. The van der Waals surface area contributed by atoms with Gasteiger partial charge in [0.05, 0.1) is 4.92 Å². The zero-order valence-corrected chi connectivity index (χ0v) is 9.57. The Bertz CT molecular complexity index is 469. The van der Waals surface area contributed by atoms with Gasteiger partial charge in [0.25, 0.3) is 0 Å². The summed E-state index contributed by atoms with van der Waals surface area (Å²) in [6, 6.07) is -0.969. The number of aromatic nitrogens is 2. The molecule has 1 heterocycles. The fraction of sp³-hybridized carbons (Fsp3) is 0.444. The van der Waals surface area contributed by atoms with Crippen LogP contribution in [-0.2, 0) is 16.1 Å². The Balaban J connectivity index is 2.58. The third-order valence-corrected chi connectivity index (χ3v) is 2.18. The molecule has 1 amide bonds. The summed E-state index contributed by atoms with van der Waals surface area (Å²) < 4.78 is 1.07. The number of carbonyl (C=O) groups is 2. The predicted octanol–water partition coefficient (Wildman–Crippen LogP) is -0.229. The van der Waals surface area contributed by atoms with Gasteiger partial charge in [0.15, 0.2) is 0 Å². The standard InChI is InChI=1S/C9H12N4O5/c1-2-7(9(15)16)11-8(14)5-12-4-6(3-10-12)13(17)18/h3-4,7H,2,5H2,1H3,(H,11,14)(H,15,16)/t7-/m0/s1. The van der Waals surface area contributed by atoms with Crippen molar-refractivity contribution in [1.29, 1.82) is 0 Å². The number of amides is 1. The Morgan fingerprint density at radius 2 is 2.33 bits per heavy atom. The van der Waals surface area contributed by atoms with Gasteiger partial charge in [-0.3, -0.25) is 19.6 Å². The van der Waals surface area contributed by atoms with E-state index in [0.29, 0.717) is 0 Å². The lowest BCUT2D eigenvalue weighted by molar-refractivity contribution is -0.385. The van der Waals surface area contributed by atoms with Gasteiger partial charge in [0.2, 0.25) is 5.91 Å². The number of aliphatic carboxylic acids is 1. The number of rotatable bonds is 6. The summed E-state index contributed by atoms with van der Waals surface area (Å²) in [5.41, 5.74) is -0.229. The monoisotopic (exact) mass is 256 g/mol. The summed E-state index contributed by atoms with van der Waals surface area (Å²) in [5, 5.41) is 25.0. The first-order valence-corrected chi connectivity index (χ1v) is 5.13. The molecule has 0 aromatic carbocycles. The summed E-state index contributed by atoms with van der Waals surface area (Å²) in [6.07, 6.45) is 2.36. The van der Waals surface area contributed by atoms with Crippen LogP contribution in [0.2, 0.25) is 0 Å². The number of hydrogen-bond acceptors (Lipinski definition) is 5. The summed E-state index contributed by atoms with van der Waals surface area (Å²) in [6.45, 7) is 1.36. The van der Waals surface area contributed by atoms with Crippen molar-refractivity contribution in [2.24, 2.45) is 0 Å². The molecule has 0 bridgehead atoms. The fourth-order valence-electron chi connectivity index (χ4n) is 1.26. The number of nitro groups is 1. The van der Waals surface area contributed by atoms with E-state index in [1.54, 1.807) is 6.92 Å². The SMILES string of the molecule is CC[C@H](NC(=O)Cn1cc([N+](=O)[O-])cn1)C(=O)O. The molecule has 0 saturated carbocycles. The summed E-state index contributed by atoms with van der Waals surface area (Å²) in [4.78, 5) is 31.9. The molecule has 1 aromatic heterocycles. The molecule has 9 nitrogen and oxygen atoms in total. The molecule has 0 unspecified atom stereocenters. The van der Waals surface area contributed by atoms with Gasteiger partial charge in [0.1, 0.15) is 25.0 Å². The maximum Gasteiger partial charge on any atom is 0.326 e. The van der Waals surface area contributed by atoms with Crippen LogP contribution in [0.25, 0.3) is 0 Å². The van der Waals surface area contributed by atoms with Gasteiger partial charge in [-0.25, -0.2) is 4.79 Å². The van der Waals surface area contributed by atoms with Crippen LogP contribution in [0.4, 0.5) is 5.69 Å². The Labute approximate surface area is 102 Å². The molecule has 0 aliphatic carbocycles. The van der Waals surface area contributed by atoms with Crippen LogP contribution in [-0.4, -0.2) is 37.7 Å². The molecule has 0 saturated heterocycles. The molecule has 0 radical (unpaired) electrons. The smallest absolute Gasteiger partial charge is 0.326 e. The topological polar surface area (TPSA) is 127 Å². The van der Waals surface area contributed by atoms with Gasteiger partial charge in [-0.05, 0) is 6.42 Å². The minimum Gasteiger partial charge on any atom is -0.480 e. The average Bonchev–Trinajstić information content (AvgIpc) is 2.74. The van der Waals surface area contributed by atoms with Crippen molar-refractivity contribution in [3.8, 4) is 0 Å². The number of nitrogens with zero attached hydrogens (tertiary/aromatic N) is 3. The number of carbonyl (C=O) groups excluding carboxylic acids is 1. The highest BCUT2D eigenvalue weighted by Gasteiger charge is 2.18. The van der Waals surface area contributed by atoms with E-state index in [9.17, 15) is 19.7 Å². The molecule has 0 aliphatic rings. The first-order chi connectivity index (χ1) is 8.43. The predicted molar refractivity (Wildman–Crippen MR) is 58.7 cm³/mol. The molecule has 0 fully saturated rings. The second kappa shape index (κ2) is 5.75. The lowest BCUT2D eigenvalue weighted by Crippen LogP contribution is -2.41. The van der Waals surface area contributed by atoms with Gasteiger partial charge < -0.3 is 10.4 Å². The van der Waals surface area contributed by atoms with Crippen molar-refractivity contribution in [2.75, 3.05) is 0 Å². The number of carboxylic acids is 1. The molecule has 2 N–H and O–H groups in total. The Hall–Kier alpha value is -2.45. The highest BCUT2D eigenvalue weighted by molar-refractivity contribution is 5.83. The van der Waals surface area contributed by atoms with E-state index in [0.717, 1.165) is 17.1 Å². The quantitative estimate of drug-likeness (QED) is 0.534. The third-order valence-electron chi connectivity index (χ3n) is 2.18. The Morgan fingerprint density at radius 1 is 1.67 bits per heavy atom. The van der Waals surface area contributed by atoms with E-state index < -0.39 is 22.8 Å². The summed E-state index contributed by atoms with van der Waals surface area (Å²) in [5.74, 6) is -1.69. The van der Waals surface area contributed by atoms with Crippen LogP contribution < -0.4 is 5.32 Å². The average molecular weight is 256 g/mol. The zero-order chi connectivity index (χ0) is 13.7. The minimum absolute atomic E-state index is 0.229. The van der Waals surface area contributed by atoms with Crippen molar-refractivity contribution >= 4 is 17.6 Å². The molecular weight excluding hydrogens is 244 g/mol. The molecule has 1 rings (SSSR count). The maximum atomic E-state index is 11.5. The molecule has 1 aromatic rings. The number of carboxylic acid groups (broad SMARTS) is 1. The second-order valence-corrected chi connectivity index (χ2v) is 3.52. The highest BCUT2D eigenvalue weighted by atomic mass is 16.6. The van der Waals surface area contributed by atoms with Gasteiger partial charge in [0, 0.05) is 0 Å². The largest absolute Gasteiger partial charge is 0.480 e. The van der Waals surface area contributed by atoms with E-state index in [-0.39, 0.29) is 18.7 Å². The first-order valence-electron chi connectivity index (χ1n) is 5.13. The molecule has 98 valence electrons. The van der Waals surface area contributed by atoms with Gasteiger partial charge >= 0.3 is 11.7 Å². The van der Waals surface area contributed by atoms with Gasteiger partial charge in [-0.15, -0.1) is 0 Å². The Morgan fingerprint density at radius 3 is 2.78 bits per heavy atom. The lowest BCUT2D eigenvalue weighted by Gasteiger charge is -2.11. The number of nitrogens with one attached hydrogen (secondary N) is 1. The maximum absolute atomic E-state index is 11.5.